The Hall–Kier alpha value is -2.76. The van der Waals surface area contributed by atoms with Crippen LogP contribution in [0.25, 0.3) is 21.3 Å². The largest absolute Gasteiger partial charge is 0.309 e. The van der Waals surface area contributed by atoms with E-state index in [9.17, 15) is 4.79 Å². The van der Waals surface area contributed by atoms with Gasteiger partial charge in [0.05, 0.1) is 11.4 Å². The van der Waals surface area contributed by atoms with Gasteiger partial charge in [0, 0.05) is 10.9 Å². The molecule has 0 aliphatic heterocycles. The third-order valence-corrected chi connectivity index (χ3v) is 5.54. The zero-order valence-electron chi connectivity index (χ0n) is 15.1. The van der Waals surface area contributed by atoms with Gasteiger partial charge in [-0.25, -0.2) is 4.98 Å². The van der Waals surface area contributed by atoms with Gasteiger partial charge in [-0.2, -0.15) is 0 Å². The topological polar surface area (TPSA) is 57.8 Å². The number of hydrogen-bond donors (Lipinski definition) is 2. The summed E-state index contributed by atoms with van der Waals surface area (Å²) in [5.74, 6) is 0.682. The Bertz CT molecular complexity index is 1090. The van der Waals surface area contributed by atoms with Crippen LogP contribution in [0.2, 0.25) is 0 Å². The Kier molecular flexibility index (Phi) is 5.14. The van der Waals surface area contributed by atoms with E-state index in [0.717, 1.165) is 28.9 Å². The highest BCUT2D eigenvalue weighted by atomic mass is 32.1. The molecule has 4 rings (SSSR count). The second-order valence-electron chi connectivity index (χ2n) is 6.56. The summed E-state index contributed by atoms with van der Waals surface area (Å²) in [7, 11) is 0. The fourth-order valence-electron chi connectivity index (χ4n) is 3.18. The summed E-state index contributed by atoms with van der Waals surface area (Å²) in [6, 6.07) is 20.3. The number of H-pyrrole nitrogens is 1. The molecule has 0 saturated heterocycles. The molecule has 0 aliphatic carbocycles. The third kappa shape index (κ3) is 3.84. The standard InChI is InChI=1S/C22H21N3OS/c1-15(23-13-12-16-8-4-2-5-9-16)20-24-21(26)19-18(14-27-22(19)25-20)17-10-6-3-7-11-17/h2-11,14-15,23H,12-13H2,1H3,(H,24,25,26). The molecule has 2 aromatic heterocycles. The van der Waals surface area contributed by atoms with Crippen molar-refractivity contribution < 1.29 is 0 Å². The van der Waals surface area contributed by atoms with Gasteiger partial charge in [0.1, 0.15) is 10.7 Å². The quantitative estimate of drug-likeness (QED) is 0.520. The number of benzene rings is 2. The second kappa shape index (κ2) is 7.86. The van der Waals surface area contributed by atoms with Crippen LogP contribution in [0.3, 0.4) is 0 Å². The molecule has 0 bridgehead atoms. The van der Waals surface area contributed by atoms with Crippen molar-refractivity contribution in [3.05, 3.63) is 87.8 Å². The summed E-state index contributed by atoms with van der Waals surface area (Å²) >= 11 is 1.52. The first-order valence-corrected chi connectivity index (χ1v) is 9.94. The van der Waals surface area contributed by atoms with Crippen LogP contribution in [0.1, 0.15) is 24.4 Å². The summed E-state index contributed by atoms with van der Waals surface area (Å²) in [5, 5.41) is 6.14. The van der Waals surface area contributed by atoms with Gasteiger partial charge in [-0.05, 0) is 31.0 Å². The van der Waals surface area contributed by atoms with Crippen LogP contribution in [-0.4, -0.2) is 16.5 Å². The maximum absolute atomic E-state index is 12.7. The minimum atomic E-state index is -0.0770. The van der Waals surface area contributed by atoms with Gasteiger partial charge in [0.25, 0.3) is 5.56 Å². The van der Waals surface area contributed by atoms with E-state index < -0.39 is 0 Å². The monoisotopic (exact) mass is 375 g/mol. The van der Waals surface area contributed by atoms with Crippen molar-refractivity contribution in [1.29, 1.82) is 0 Å². The van der Waals surface area contributed by atoms with Crippen molar-refractivity contribution in [2.75, 3.05) is 6.54 Å². The summed E-state index contributed by atoms with van der Waals surface area (Å²) < 4.78 is 0. The average Bonchev–Trinajstić information content (AvgIpc) is 3.14. The van der Waals surface area contributed by atoms with Gasteiger partial charge in [-0.1, -0.05) is 60.7 Å². The highest BCUT2D eigenvalue weighted by Crippen LogP contribution is 2.30. The molecule has 0 radical (unpaired) electrons. The predicted octanol–water partition coefficient (Wildman–Crippen LogP) is 4.54. The fraction of sp³-hybridized carbons (Fsp3) is 0.182. The zero-order chi connectivity index (χ0) is 18.6. The lowest BCUT2D eigenvalue weighted by Gasteiger charge is -2.13. The molecule has 5 heteroatoms. The highest BCUT2D eigenvalue weighted by Gasteiger charge is 2.15. The predicted molar refractivity (Wildman–Crippen MR) is 112 cm³/mol. The number of aromatic nitrogens is 2. The molecule has 0 fully saturated rings. The Morgan fingerprint density at radius 3 is 2.52 bits per heavy atom. The number of rotatable bonds is 6. The molecule has 2 heterocycles. The van der Waals surface area contributed by atoms with Crippen LogP contribution in [0.15, 0.2) is 70.8 Å². The van der Waals surface area contributed by atoms with E-state index in [1.54, 1.807) is 0 Å². The minimum absolute atomic E-state index is 0.0203. The van der Waals surface area contributed by atoms with Gasteiger partial charge >= 0.3 is 0 Å². The summed E-state index contributed by atoms with van der Waals surface area (Å²) in [6.07, 6.45) is 0.939. The molecule has 4 nitrogen and oxygen atoms in total. The van der Waals surface area contributed by atoms with Crippen LogP contribution in [0.4, 0.5) is 0 Å². The number of fused-ring (bicyclic) bond motifs is 1. The lowest BCUT2D eigenvalue weighted by atomic mass is 10.1. The molecule has 2 N–H and O–H groups in total. The number of nitrogens with zero attached hydrogens (tertiary/aromatic N) is 1. The summed E-state index contributed by atoms with van der Waals surface area (Å²) in [4.78, 5) is 21.2. The van der Waals surface area contributed by atoms with Crippen LogP contribution >= 0.6 is 11.3 Å². The van der Waals surface area contributed by atoms with Crippen molar-refractivity contribution in [1.82, 2.24) is 15.3 Å². The normalized spacial score (nSPS) is 12.3. The molecule has 2 aromatic carbocycles. The van der Waals surface area contributed by atoms with E-state index in [-0.39, 0.29) is 11.6 Å². The van der Waals surface area contributed by atoms with Crippen LogP contribution in [0, 0.1) is 0 Å². The molecule has 0 spiro atoms. The highest BCUT2D eigenvalue weighted by molar-refractivity contribution is 7.17. The van der Waals surface area contributed by atoms with Gasteiger partial charge in [0.15, 0.2) is 0 Å². The first-order chi connectivity index (χ1) is 13.2. The van der Waals surface area contributed by atoms with E-state index in [4.69, 9.17) is 4.98 Å². The number of hydrogen-bond acceptors (Lipinski definition) is 4. The van der Waals surface area contributed by atoms with Crippen LogP contribution in [-0.2, 0) is 6.42 Å². The van der Waals surface area contributed by atoms with Crippen molar-refractivity contribution in [2.45, 2.75) is 19.4 Å². The van der Waals surface area contributed by atoms with Crippen LogP contribution < -0.4 is 10.9 Å². The molecule has 0 saturated carbocycles. The van der Waals surface area contributed by atoms with E-state index in [2.05, 4.69) is 22.4 Å². The van der Waals surface area contributed by atoms with Gasteiger partial charge in [0.2, 0.25) is 0 Å². The van der Waals surface area contributed by atoms with Crippen molar-refractivity contribution in [3.63, 3.8) is 0 Å². The Morgan fingerprint density at radius 2 is 1.78 bits per heavy atom. The van der Waals surface area contributed by atoms with E-state index in [1.807, 2.05) is 60.8 Å². The summed E-state index contributed by atoms with van der Waals surface area (Å²) in [5.41, 5.74) is 3.20. The number of nitrogens with one attached hydrogen (secondary N) is 2. The minimum Gasteiger partial charge on any atom is -0.309 e. The Labute approximate surface area is 161 Å². The summed E-state index contributed by atoms with van der Waals surface area (Å²) in [6.45, 7) is 2.85. The molecule has 27 heavy (non-hydrogen) atoms. The van der Waals surface area contributed by atoms with Gasteiger partial charge in [-0.3, -0.25) is 4.79 Å². The molecular formula is C22H21N3OS. The van der Waals surface area contributed by atoms with Gasteiger partial charge < -0.3 is 10.3 Å². The first kappa shape index (κ1) is 17.6. The molecule has 4 aromatic rings. The fourth-order valence-corrected chi connectivity index (χ4v) is 4.13. The maximum Gasteiger partial charge on any atom is 0.260 e. The Balaban J connectivity index is 1.54. The van der Waals surface area contributed by atoms with Crippen molar-refractivity contribution in [3.8, 4) is 11.1 Å². The third-order valence-electron chi connectivity index (χ3n) is 4.66. The molecular weight excluding hydrogens is 354 g/mol. The SMILES string of the molecule is CC(NCCc1ccccc1)c1nc2scc(-c3ccccc3)c2c(=O)[nH]1. The zero-order valence-corrected chi connectivity index (χ0v) is 15.9. The molecule has 0 aliphatic rings. The van der Waals surface area contributed by atoms with E-state index in [0.29, 0.717) is 11.2 Å². The first-order valence-electron chi connectivity index (χ1n) is 9.06. The smallest absolute Gasteiger partial charge is 0.260 e. The molecule has 0 amide bonds. The maximum atomic E-state index is 12.7. The van der Waals surface area contributed by atoms with Crippen molar-refractivity contribution in [2.24, 2.45) is 0 Å². The van der Waals surface area contributed by atoms with Crippen LogP contribution in [0.5, 0.6) is 0 Å². The lowest BCUT2D eigenvalue weighted by Crippen LogP contribution is -2.25. The number of aromatic amines is 1. The lowest BCUT2D eigenvalue weighted by molar-refractivity contribution is 0.550. The average molecular weight is 375 g/mol. The van der Waals surface area contributed by atoms with E-state index >= 15 is 0 Å². The molecule has 1 unspecified atom stereocenters. The molecule has 136 valence electrons. The van der Waals surface area contributed by atoms with E-state index in [1.165, 1.54) is 16.9 Å². The molecule has 1 atom stereocenters. The number of thiophene rings is 1. The second-order valence-corrected chi connectivity index (χ2v) is 7.42. The Morgan fingerprint density at radius 1 is 1.07 bits per heavy atom. The van der Waals surface area contributed by atoms with Gasteiger partial charge in [-0.15, -0.1) is 11.3 Å². The van der Waals surface area contributed by atoms with Crippen molar-refractivity contribution >= 4 is 21.6 Å².